The van der Waals surface area contributed by atoms with Gasteiger partial charge in [-0.2, -0.15) is 5.10 Å². The van der Waals surface area contributed by atoms with E-state index in [0.29, 0.717) is 0 Å². The number of hydrogen-bond acceptors (Lipinski definition) is 3. The van der Waals surface area contributed by atoms with Crippen LogP contribution in [0.25, 0.3) is 0 Å². The number of H-pyrrole nitrogens is 1. The summed E-state index contributed by atoms with van der Waals surface area (Å²) in [6, 6.07) is 8.77. The second kappa shape index (κ2) is 5.99. The van der Waals surface area contributed by atoms with Crippen molar-refractivity contribution in [3.05, 3.63) is 41.7 Å². The minimum absolute atomic E-state index is 0.811. The fourth-order valence-electron chi connectivity index (χ4n) is 2.69. The molecular formula is C16H22N4. The highest BCUT2D eigenvalue weighted by Crippen LogP contribution is 2.22. The van der Waals surface area contributed by atoms with Gasteiger partial charge in [0.1, 0.15) is 0 Å². The number of benzene rings is 1. The molecule has 0 saturated carbocycles. The topological polar surface area (TPSA) is 44.0 Å². The van der Waals surface area contributed by atoms with E-state index in [-0.39, 0.29) is 0 Å². The Balaban J connectivity index is 1.59. The van der Waals surface area contributed by atoms with Crippen molar-refractivity contribution >= 4 is 11.4 Å². The minimum Gasteiger partial charge on any atom is -0.381 e. The van der Waals surface area contributed by atoms with Crippen LogP contribution in [-0.4, -0.2) is 23.3 Å². The molecule has 2 aromatic rings. The first-order chi connectivity index (χ1) is 9.83. The first-order valence-electron chi connectivity index (χ1n) is 7.41. The highest BCUT2D eigenvalue weighted by molar-refractivity contribution is 5.55. The molecule has 0 radical (unpaired) electrons. The summed E-state index contributed by atoms with van der Waals surface area (Å²) in [5, 5.41) is 10.4. The van der Waals surface area contributed by atoms with Gasteiger partial charge in [0.2, 0.25) is 0 Å². The Bertz CT molecular complexity index is 538. The molecule has 1 aliphatic heterocycles. The van der Waals surface area contributed by atoms with Crippen LogP contribution in [0.2, 0.25) is 0 Å². The first-order valence-corrected chi connectivity index (χ1v) is 7.41. The number of nitrogens with one attached hydrogen (secondary N) is 2. The molecule has 106 valence electrons. The number of aromatic nitrogens is 2. The van der Waals surface area contributed by atoms with Crippen LogP contribution in [0.15, 0.2) is 30.5 Å². The summed E-state index contributed by atoms with van der Waals surface area (Å²) < 4.78 is 0. The Morgan fingerprint density at radius 2 is 1.90 bits per heavy atom. The molecule has 20 heavy (non-hydrogen) atoms. The van der Waals surface area contributed by atoms with Crippen molar-refractivity contribution in [3.8, 4) is 0 Å². The molecule has 0 atom stereocenters. The highest BCUT2D eigenvalue weighted by atomic mass is 15.1. The Kier molecular flexibility index (Phi) is 3.90. The maximum Gasteiger partial charge on any atom is 0.0539 e. The maximum atomic E-state index is 4.04. The molecule has 1 aromatic carbocycles. The van der Waals surface area contributed by atoms with Gasteiger partial charge >= 0.3 is 0 Å². The van der Waals surface area contributed by atoms with Gasteiger partial charge in [-0.1, -0.05) is 0 Å². The fourth-order valence-corrected chi connectivity index (χ4v) is 2.69. The summed E-state index contributed by atoms with van der Waals surface area (Å²) in [5.74, 6) is 0. The summed E-state index contributed by atoms with van der Waals surface area (Å²) in [4.78, 5) is 2.48. The van der Waals surface area contributed by atoms with Crippen LogP contribution < -0.4 is 10.2 Å². The van der Waals surface area contributed by atoms with Crippen LogP contribution in [-0.2, 0) is 6.54 Å². The molecule has 1 aliphatic rings. The Morgan fingerprint density at radius 3 is 2.55 bits per heavy atom. The third-order valence-electron chi connectivity index (χ3n) is 4.01. The summed E-state index contributed by atoms with van der Waals surface area (Å²) >= 11 is 0. The number of aromatic amines is 1. The third kappa shape index (κ3) is 2.95. The second-order valence-electron chi connectivity index (χ2n) is 5.47. The maximum absolute atomic E-state index is 4.04. The van der Waals surface area contributed by atoms with Gasteiger partial charge in [-0.3, -0.25) is 5.10 Å². The van der Waals surface area contributed by atoms with Crippen molar-refractivity contribution in [2.24, 2.45) is 0 Å². The number of hydrogen-bond donors (Lipinski definition) is 2. The lowest BCUT2D eigenvalue weighted by Crippen LogP contribution is -2.29. The lowest BCUT2D eigenvalue weighted by atomic mass is 10.1. The Labute approximate surface area is 120 Å². The van der Waals surface area contributed by atoms with E-state index in [1.54, 1.807) is 0 Å². The zero-order valence-electron chi connectivity index (χ0n) is 12.0. The fraction of sp³-hybridized carbons (Fsp3) is 0.438. The van der Waals surface area contributed by atoms with Crippen LogP contribution >= 0.6 is 0 Å². The summed E-state index contributed by atoms with van der Waals surface area (Å²) in [6.45, 7) is 5.25. The van der Waals surface area contributed by atoms with Crippen molar-refractivity contribution in [2.75, 3.05) is 23.3 Å². The van der Waals surface area contributed by atoms with Gasteiger partial charge in [0.05, 0.1) is 6.20 Å². The van der Waals surface area contributed by atoms with Crippen LogP contribution in [0, 0.1) is 6.92 Å². The molecule has 0 amide bonds. The molecule has 2 heterocycles. The zero-order valence-corrected chi connectivity index (χ0v) is 12.0. The van der Waals surface area contributed by atoms with Gasteiger partial charge in [-0.05, 0) is 50.5 Å². The average molecular weight is 270 g/mol. The van der Waals surface area contributed by atoms with E-state index in [9.17, 15) is 0 Å². The van der Waals surface area contributed by atoms with Crippen molar-refractivity contribution in [3.63, 3.8) is 0 Å². The number of piperidine rings is 1. The number of aryl methyl sites for hydroxylation is 1. The largest absolute Gasteiger partial charge is 0.381 e. The van der Waals surface area contributed by atoms with Gasteiger partial charge < -0.3 is 10.2 Å². The standard InChI is InChI=1S/C16H22N4/c1-13-14(12-18-19-13)11-17-15-5-7-16(8-6-15)20-9-3-2-4-10-20/h5-8,12,17H,2-4,9-11H2,1H3,(H,18,19). The van der Waals surface area contributed by atoms with Crippen molar-refractivity contribution in [1.82, 2.24) is 10.2 Å². The van der Waals surface area contributed by atoms with E-state index in [0.717, 1.165) is 17.9 Å². The van der Waals surface area contributed by atoms with E-state index in [2.05, 4.69) is 44.7 Å². The van der Waals surface area contributed by atoms with E-state index in [1.807, 2.05) is 13.1 Å². The third-order valence-corrected chi connectivity index (χ3v) is 4.01. The molecule has 1 fully saturated rings. The molecule has 0 bridgehead atoms. The molecule has 1 saturated heterocycles. The first kappa shape index (κ1) is 13.0. The lowest BCUT2D eigenvalue weighted by Gasteiger charge is -2.28. The molecule has 4 heteroatoms. The summed E-state index contributed by atoms with van der Waals surface area (Å²) in [6.07, 6.45) is 5.89. The van der Waals surface area contributed by atoms with Crippen LogP contribution in [0.4, 0.5) is 11.4 Å². The normalized spacial score (nSPS) is 15.3. The lowest BCUT2D eigenvalue weighted by molar-refractivity contribution is 0.578. The summed E-state index contributed by atoms with van der Waals surface area (Å²) in [7, 11) is 0. The van der Waals surface area contributed by atoms with Gasteiger partial charge in [0.25, 0.3) is 0 Å². The molecule has 0 spiro atoms. The predicted molar refractivity (Wildman–Crippen MR) is 83.2 cm³/mol. The van der Waals surface area contributed by atoms with E-state index < -0.39 is 0 Å². The molecule has 1 aromatic heterocycles. The monoisotopic (exact) mass is 270 g/mol. The van der Waals surface area contributed by atoms with Gasteiger partial charge in [0, 0.05) is 42.3 Å². The summed E-state index contributed by atoms with van der Waals surface area (Å²) in [5.41, 5.74) is 4.84. The van der Waals surface area contributed by atoms with Crippen molar-refractivity contribution in [1.29, 1.82) is 0 Å². The van der Waals surface area contributed by atoms with Crippen molar-refractivity contribution < 1.29 is 0 Å². The average Bonchev–Trinajstić information content (AvgIpc) is 2.92. The van der Waals surface area contributed by atoms with E-state index in [4.69, 9.17) is 0 Å². The predicted octanol–water partition coefficient (Wildman–Crippen LogP) is 3.32. The Morgan fingerprint density at radius 1 is 1.15 bits per heavy atom. The van der Waals surface area contributed by atoms with Gasteiger partial charge in [-0.25, -0.2) is 0 Å². The number of nitrogens with zero attached hydrogens (tertiary/aromatic N) is 2. The van der Waals surface area contributed by atoms with Crippen molar-refractivity contribution in [2.45, 2.75) is 32.7 Å². The molecular weight excluding hydrogens is 248 g/mol. The van der Waals surface area contributed by atoms with E-state index in [1.165, 1.54) is 43.6 Å². The highest BCUT2D eigenvalue weighted by Gasteiger charge is 2.10. The van der Waals surface area contributed by atoms with E-state index >= 15 is 0 Å². The quantitative estimate of drug-likeness (QED) is 0.895. The molecule has 2 N–H and O–H groups in total. The molecule has 0 aliphatic carbocycles. The smallest absolute Gasteiger partial charge is 0.0539 e. The molecule has 4 nitrogen and oxygen atoms in total. The number of rotatable bonds is 4. The van der Waals surface area contributed by atoms with Crippen LogP contribution in [0.1, 0.15) is 30.5 Å². The SMILES string of the molecule is Cc1[nH]ncc1CNc1ccc(N2CCCCC2)cc1. The molecule has 0 unspecified atom stereocenters. The second-order valence-corrected chi connectivity index (χ2v) is 5.47. The Hall–Kier alpha value is -1.97. The van der Waals surface area contributed by atoms with Gasteiger partial charge in [-0.15, -0.1) is 0 Å². The van der Waals surface area contributed by atoms with Crippen LogP contribution in [0.3, 0.4) is 0 Å². The zero-order chi connectivity index (χ0) is 13.8. The minimum atomic E-state index is 0.811. The van der Waals surface area contributed by atoms with Gasteiger partial charge in [0.15, 0.2) is 0 Å². The van der Waals surface area contributed by atoms with Crippen LogP contribution in [0.5, 0.6) is 0 Å². The number of anilines is 2. The molecule has 3 rings (SSSR count).